The van der Waals surface area contributed by atoms with Crippen LogP contribution in [0, 0.1) is 22.3 Å². The molecule has 46 valence electrons. The minimum absolute atomic E-state index is 0. The monoisotopic (exact) mass is 272 g/mol. The van der Waals surface area contributed by atoms with Gasteiger partial charge in [-0.3, -0.25) is 0 Å². The van der Waals surface area contributed by atoms with Gasteiger partial charge in [0.25, 0.3) is 0 Å². The summed E-state index contributed by atoms with van der Waals surface area (Å²) in [4.78, 5) is 0. The molecule has 0 aromatic rings. The van der Waals surface area contributed by atoms with E-state index in [1.54, 1.807) is 0 Å². The summed E-state index contributed by atoms with van der Waals surface area (Å²) in [6, 6.07) is 0. The summed E-state index contributed by atoms with van der Waals surface area (Å²) >= 11 is -1.92. The molecule has 3 heteroatoms. The number of rotatable bonds is 0. The van der Waals surface area contributed by atoms with E-state index in [0.717, 1.165) is 0 Å². The van der Waals surface area contributed by atoms with Crippen LogP contribution in [0.2, 0.25) is 0 Å². The van der Waals surface area contributed by atoms with Gasteiger partial charge < -0.3 is 22.3 Å². The van der Waals surface area contributed by atoms with Crippen molar-refractivity contribution < 1.29 is 25.3 Å². The summed E-state index contributed by atoms with van der Waals surface area (Å²) in [5.41, 5.74) is 0. The van der Waals surface area contributed by atoms with Gasteiger partial charge in [0.05, 0.1) is 0 Å². The van der Waals surface area contributed by atoms with E-state index in [4.69, 9.17) is 6.80 Å². The Morgan fingerprint density at radius 2 is 0.833 bits per heavy atom. The third-order valence-electron chi connectivity index (χ3n) is 0. The molecule has 0 fully saturated rings. The van der Waals surface area contributed by atoms with Gasteiger partial charge >= 0.3 is 25.3 Å². The van der Waals surface area contributed by atoms with Gasteiger partial charge in [-0.2, -0.15) is 0 Å². The quantitative estimate of drug-likeness (QED) is 0.619. The molecule has 0 rings (SSSR count). The molecule has 0 saturated carbocycles. The molecule has 6 heavy (non-hydrogen) atoms. The van der Waals surface area contributed by atoms with Crippen molar-refractivity contribution in [2.75, 3.05) is 0 Å². The second kappa shape index (κ2) is 58.6. The Bertz CT molecular complexity index is 29.8. The zero-order chi connectivity index (χ0) is 2.71. The molecule has 0 aliphatic heterocycles. The Balaban J connectivity index is -0.00000000667. The molecule has 0 radical (unpaired) electrons. The van der Waals surface area contributed by atoms with Gasteiger partial charge in [-0.25, -0.2) is 0 Å². The van der Waals surface area contributed by atoms with Crippen LogP contribution in [-0.2, 0) is 25.3 Å². The molecular formula is C3H9O2Pt-3. The van der Waals surface area contributed by atoms with E-state index in [0.29, 0.717) is 0 Å². The summed E-state index contributed by atoms with van der Waals surface area (Å²) in [5.74, 6) is 0. The van der Waals surface area contributed by atoms with Gasteiger partial charge in [-0.1, -0.05) is 0 Å². The minimum atomic E-state index is -1.92. The average molecular weight is 272 g/mol. The topological polar surface area (TPSA) is 34.1 Å². The zero-order valence-electron chi connectivity index (χ0n) is 4.13. The molecule has 0 bridgehead atoms. The molecule has 0 aliphatic rings. The first-order valence-corrected chi connectivity index (χ1v) is 2.11. The van der Waals surface area contributed by atoms with Crippen LogP contribution in [-0.4, -0.2) is 0 Å². The Kier molecular flexibility index (Phi) is 328. The van der Waals surface area contributed by atoms with Crippen molar-refractivity contribution in [3.05, 3.63) is 22.3 Å². The maximum absolute atomic E-state index is 8.49. The van der Waals surface area contributed by atoms with E-state index in [-0.39, 0.29) is 22.3 Å². The Morgan fingerprint density at radius 3 is 0.833 bits per heavy atom. The molecule has 0 aromatic carbocycles. The van der Waals surface area contributed by atoms with Crippen molar-refractivity contribution in [3.8, 4) is 0 Å². The van der Waals surface area contributed by atoms with E-state index >= 15 is 0 Å². The van der Waals surface area contributed by atoms with Gasteiger partial charge in [0, 0.05) is 0 Å². The predicted molar refractivity (Wildman–Crippen MR) is 20.6 cm³/mol. The van der Waals surface area contributed by atoms with Crippen LogP contribution in [0.25, 0.3) is 0 Å². The van der Waals surface area contributed by atoms with Gasteiger partial charge in [0.15, 0.2) is 0 Å². The van der Waals surface area contributed by atoms with Crippen LogP contribution in [0.1, 0.15) is 0 Å². The first-order valence-electron chi connectivity index (χ1n) is 0.258. The summed E-state index contributed by atoms with van der Waals surface area (Å²) < 4.78 is 17.0. The van der Waals surface area contributed by atoms with Crippen molar-refractivity contribution >= 4 is 0 Å². The molecule has 0 saturated heterocycles. The van der Waals surface area contributed by atoms with E-state index in [2.05, 4.69) is 0 Å². The van der Waals surface area contributed by atoms with Crippen LogP contribution in [0.3, 0.4) is 0 Å². The van der Waals surface area contributed by atoms with Crippen LogP contribution < -0.4 is 0 Å². The van der Waals surface area contributed by atoms with Crippen LogP contribution in [0.4, 0.5) is 0 Å². The molecule has 0 spiro atoms. The van der Waals surface area contributed by atoms with Crippen molar-refractivity contribution in [1.29, 1.82) is 0 Å². The third-order valence-corrected chi connectivity index (χ3v) is 0. The first-order chi connectivity index (χ1) is 1.41. The molecule has 0 aromatic heterocycles. The third kappa shape index (κ3) is 558. The molecule has 0 unspecified atom stereocenters. The predicted octanol–water partition coefficient (Wildman–Crippen LogP) is 1.11. The first kappa shape index (κ1) is 33.6. The fourth-order valence-corrected chi connectivity index (χ4v) is 0. The molecular weight excluding hydrogens is 263 g/mol. The Labute approximate surface area is 48.1 Å². The summed E-state index contributed by atoms with van der Waals surface area (Å²) in [6.07, 6.45) is 0. The van der Waals surface area contributed by atoms with Gasteiger partial charge in [-0.05, 0) is 0 Å². The van der Waals surface area contributed by atoms with Gasteiger partial charge in [-0.15, -0.1) is 0 Å². The average Bonchev–Trinajstić information content (AvgIpc) is 0.918. The van der Waals surface area contributed by atoms with Crippen LogP contribution in [0.5, 0.6) is 0 Å². The fraction of sp³-hybridized carbons (Fsp3) is 0. The van der Waals surface area contributed by atoms with E-state index < -0.39 is 18.5 Å². The van der Waals surface area contributed by atoms with E-state index in [1.165, 1.54) is 0 Å². The Morgan fingerprint density at radius 1 is 0.833 bits per heavy atom. The Hall–Kier alpha value is 0.288. The van der Waals surface area contributed by atoms with E-state index in [9.17, 15) is 0 Å². The molecule has 2 nitrogen and oxygen atoms in total. The molecule has 0 amide bonds. The second-order valence-corrected chi connectivity index (χ2v) is 0.431. The van der Waals surface area contributed by atoms with Crippen molar-refractivity contribution in [1.82, 2.24) is 0 Å². The normalized spacial score (nSPS) is 3.33. The number of hydrogen-bond acceptors (Lipinski definition) is 2. The molecule has 0 N–H and O–H groups in total. The van der Waals surface area contributed by atoms with Crippen LogP contribution in [0.15, 0.2) is 0 Å². The number of hydrogen-bond donors (Lipinski definition) is 0. The van der Waals surface area contributed by atoms with E-state index in [1.807, 2.05) is 0 Å². The van der Waals surface area contributed by atoms with Crippen molar-refractivity contribution in [2.45, 2.75) is 0 Å². The fourth-order valence-electron chi connectivity index (χ4n) is 0. The second-order valence-electron chi connectivity index (χ2n) is 0.0527. The maximum atomic E-state index is 8.49. The van der Waals surface area contributed by atoms with Gasteiger partial charge in [0.1, 0.15) is 0 Å². The summed E-state index contributed by atoms with van der Waals surface area (Å²) in [7, 11) is 0. The van der Waals surface area contributed by atoms with Crippen LogP contribution >= 0.6 is 0 Å². The molecule has 0 atom stereocenters. The molecule has 0 aliphatic carbocycles. The standard InChI is InChI=1S/3CH3.2O.Pt/h3*1H3;;;/q3*-1;;;. The SMILES string of the molecule is [CH3-].[CH3-].[CH3-].[O]=[Pt]=[O]. The zero-order valence-corrected chi connectivity index (χ0v) is 6.40. The molecule has 0 heterocycles. The van der Waals surface area contributed by atoms with Gasteiger partial charge in [0.2, 0.25) is 0 Å². The van der Waals surface area contributed by atoms with Crippen molar-refractivity contribution in [2.24, 2.45) is 0 Å². The summed E-state index contributed by atoms with van der Waals surface area (Å²) in [5, 5.41) is 0. The summed E-state index contributed by atoms with van der Waals surface area (Å²) in [6.45, 7) is 0. The van der Waals surface area contributed by atoms with Crippen molar-refractivity contribution in [3.63, 3.8) is 0 Å².